The lowest BCUT2D eigenvalue weighted by atomic mass is 10.0. The Bertz CT molecular complexity index is 133. The summed E-state index contributed by atoms with van der Waals surface area (Å²) >= 11 is 0. The zero-order chi connectivity index (χ0) is 9.68. The molecule has 2 unspecified atom stereocenters. The van der Waals surface area contributed by atoms with Gasteiger partial charge in [0.1, 0.15) is 0 Å². The Labute approximate surface area is 80.9 Å². The van der Waals surface area contributed by atoms with Gasteiger partial charge in [-0.25, -0.2) is 0 Å². The van der Waals surface area contributed by atoms with Crippen molar-refractivity contribution in [1.82, 2.24) is 10.6 Å². The monoisotopic (exact) mass is 186 g/mol. The van der Waals surface area contributed by atoms with Crippen molar-refractivity contribution in [2.45, 2.75) is 38.8 Å². The maximum atomic E-state index is 9.14. The molecule has 78 valence electrons. The van der Waals surface area contributed by atoms with Crippen molar-refractivity contribution in [3.05, 3.63) is 0 Å². The van der Waals surface area contributed by atoms with Crippen molar-refractivity contribution < 1.29 is 5.11 Å². The minimum Gasteiger partial charge on any atom is -0.395 e. The van der Waals surface area contributed by atoms with Gasteiger partial charge in [-0.1, -0.05) is 13.8 Å². The van der Waals surface area contributed by atoms with Gasteiger partial charge in [-0.15, -0.1) is 0 Å². The van der Waals surface area contributed by atoms with Gasteiger partial charge in [0.25, 0.3) is 0 Å². The van der Waals surface area contributed by atoms with E-state index < -0.39 is 0 Å². The third kappa shape index (κ3) is 3.63. The summed E-state index contributed by atoms with van der Waals surface area (Å²) in [5.74, 6) is 0.506. The summed E-state index contributed by atoms with van der Waals surface area (Å²) in [5, 5.41) is 16.0. The van der Waals surface area contributed by atoms with Gasteiger partial charge >= 0.3 is 0 Å². The molecule has 0 aromatic rings. The molecule has 1 fully saturated rings. The van der Waals surface area contributed by atoms with Crippen LogP contribution in [0, 0.1) is 5.92 Å². The molecule has 0 aromatic heterocycles. The van der Waals surface area contributed by atoms with E-state index in [0.717, 1.165) is 13.1 Å². The summed E-state index contributed by atoms with van der Waals surface area (Å²) in [6.45, 7) is 6.72. The average molecular weight is 186 g/mol. The Morgan fingerprint density at radius 2 is 2.31 bits per heavy atom. The fraction of sp³-hybridized carbons (Fsp3) is 1.00. The van der Waals surface area contributed by atoms with Crippen LogP contribution in [-0.2, 0) is 0 Å². The first-order valence-electron chi connectivity index (χ1n) is 5.31. The number of hydrogen-bond donors (Lipinski definition) is 3. The summed E-state index contributed by atoms with van der Waals surface area (Å²) in [5.41, 5.74) is 0. The molecule has 13 heavy (non-hydrogen) atoms. The molecular weight excluding hydrogens is 164 g/mol. The number of rotatable bonds is 4. The zero-order valence-corrected chi connectivity index (χ0v) is 8.71. The van der Waals surface area contributed by atoms with Gasteiger partial charge in [0.2, 0.25) is 0 Å². The van der Waals surface area contributed by atoms with Crippen LogP contribution in [0.4, 0.5) is 0 Å². The highest BCUT2D eigenvalue weighted by molar-refractivity contribution is 4.80. The SMILES string of the molecule is CC(C)C(CO)NC1CCCNC1. The van der Waals surface area contributed by atoms with E-state index >= 15 is 0 Å². The molecule has 0 amide bonds. The minimum absolute atomic E-state index is 0.244. The van der Waals surface area contributed by atoms with Crippen molar-refractivity contribution in [3.8, 4) is 0 Å². The fourth-order valence-corrected chi connectivity index (χ4v) is 1.75. The summed E-state index contributed by atoms with van der Waals surface area (Å²) in [6.07, 6.45) is 2.48. The quantitative estimate of drug-likeness (QED) is 0.593. The number of aliphatic hydroxyl groups is 1. The van der Waals surface area contributed by atoms with E-state index in [4.69, 9.17) is 5.11 Å². The van der Waals surface area contributed by atoms with Crippen LogP contribution in [0.25, 0.3) is 0 Å². The molecule has 1 aliphatic rings. The molecule has 0 aromatic carbocycles. The number of hydrogen-bond acceptors (Lipinski definition) is 3. The van der Waals surface area contributed by atoms with Crippen molar-refractivity contribution >= 4 is 0 Å². The molecule has 1 rings (SSSR count). The summed E-state index contributed by atoms with van der Waals surface area (Å²) < 4.78 is 0. The highest BCUT2D eigenvalue weighted by Gasteiger charge is 2.18. The molecule has 3 N–H and O–H groups in total. The third-order valence-electron chi connectivity index (χ3n) is 2.75. The van der Waals surface area contributed by atoms with Crippen molar-refractivity contribution in [2.75, 3.05) is 19.7 Å². The van der Waals surface area contributed by atoms with Crippen molar-refractivity contribution in [3.63, 3.8) is 0 Å². The second-order valence-electron chi connectivity index (χ2n) is 4.24. The highest BCUT2D eigenvalue weighted by atomic mass is 16.3. The largest absolute Gasteiger partial charge is 0.395 e. The molecule has 0 saturated carbocycles. The van der Waals surface area contributed by atoms with Crippen LogP contribution >= 0.6 is 0 Å². The molecule has 2 atom stereocenters. The van der Waals surface area contributed by atoms with Gasteiger partial charge in [0, 0.05) is 18.6 Å². The van der Waals surface area contributed by atoms with Crippen LogP contribution in [0.3, 0.4) is 0 Å². The lowest BCUT2D eigenvalue weighted by Gasteiger charge is -2.30. The highest BCUT2D eigenvalue weighted by Crippen LogP contribution is 2.06. The lowest BCUT2D eigenvalue weighted by molar-refractivity contribution is 0.191. The summed E-state index contributed by atoms with van der Waals surface area (Å²) in [4.78, 5) is 0. The fourth-order valence-electron chi connectivity index (χ4n) is 1.75. The molecule has 0 spiro atoms. The van der Waals surface area contributed by atoms with Crippen LogP contribution in [0.1, 0.15) is 26.7 Å². The van der Waals surface area contributed by atoms with Gasteiger partial charge in [0.05, 0.1) is 6.61 Å². The van der Waals surface area contributed by atoms with E-state index in [1.54, 1.807) is 0 Å². The first-order valence-corrected chi connectivity index (χ1v) is 5.31. The van der Waals surface area contributed by atoms with E-state index in [-0.39, 0.29) is 12.6 Å². The average Bonchev–Trinajstić information content (AvgIpc) is 2.15. The van der Waals surface area contributed by atoms with Crippen LogP contribution in [0.5, 0.6) is 0 Å². The number of piperidine rings is 1. The van der Waals surface area contributed by atoms with Crippen LogP contribution in [-0.4, -0.2) is 36.9 Å². The van der Waals surface area contributed by atoms with Crippen LogP contribution < -0.4 is 10.6 Å². The Morgan fingerprint density at radius 1 is 1.54 bits per heavy atom. The van der Waals surface area contributed by atoms with E-state index in [1.807, 2.05) is 0 Å². The molecular formula is C10H22N2O. The second-order valence-corrected chi connectivity index (χ2v) is 4.24. The Hall–Kier alpha value is -0.120. The zero-order valence-electron chi connectivity index (χ0n) is 8.71. The van der Waals surface area contributed by atoms with E-state index in [0.29, 0.717) is 12.0 Å². The molecule has 1 saturated heterocycles. The van der Waals surface area contributed by atoms with Gasteiger partial charge in [-0.05, 0) is 25.3 Å². The molecule has 3 nitrogen and oxygen atoms in total. The predicted octanol–water partition coefficient (Wildman–Crippen LogP) is 0.345. The van der Waals surface area contributed by atoms with Crippen molar-refractivity contribution in [2.24, 2.45) is 5.92 Å². The molecule has 0 aliphatic carbocycles. The van der Waals surface area contributed by atoms with E-state index in [9.17, 15) is 0 Å². The lowest BCUT2D eigenvalue weighted by Crippen LogP contribution is -2.50. The van der Waals surface area contributed by atoms with Crippen molar-refractivity contribution in [1.29, 1.82) is 0 Å². The van der Waals surface area contributed by atoms with Gasteiger partial charge in [-0.2, -0.15) is 0 Å². The first-order chi connectivity index (χ1) is 6.24. The molecule has 0 bridgehead atoms. The first kappa shape index (κ1) is 11.0. The number of aliphatic hydroxyl groups excluding tert-OH is 1. The maximum Gasteiger partial charge on any atom is 0.0587 e. The number of nitrogens with one attached hydrogen (secondary N) is 2. The van der Waals surface area contributed by atoms with Gasteiger partial charge in [-0.3, -0.25) is 0 Å². The minimum atomic E-state index is 0.244. The summed E-state index contributed by atoms with van der Waals surface area (Å²) in [7, 11) is 0. The maximum absolute atomic E-state index is 9.14. The molecule has 0 radical (unpaired) electrons. The Morgan fingerprint density at radius 3 is 2.77 bits per heavy atom. The second kappa shape index (κ2) is 5.58. The van der Waals surface area contributed by atoms with Gasteiger partial charge in [0.15, 0.2) is 0 Å². The topological polar surface area (TPSA) is 44.3 Å². The Kier molecular flexibility index (Phi) is 4.70. The van der Waals surface area contributed by atoms with Gasteiger partial charge < -0.3 is 15.7 Å². The molecule has 3 heteroatoms. The third-order valence-corrected chi connectivity index (χ3v) is 2.75. The predicted molar refractivity (Wildman–Crippen MR) is 54.7 cm³/mol. The smallest absolute Gasteiger partial charge is 0.0587 e. The molecule has 1 aliphatic heterocycles. The van der Waals surface area contributed by atoms with E-state index in [2.05, 4.69) is 24.5 Å². The normalized spacial score (nSPS) is 26.3. The molecule has 1 heterocycles. The van der Waals surface area contributed by atoms with E-state index in [1.165, 1.54) is 12.8 Å². The van der Waals surface area contributed by atoms with Crippen LogP contribution in [0.15, 0.2) is 0 Å². The Balaban J connectivity index is 2.27. The standard InChI is InChI=1S/C10H22N2O/c1-8(2)10(7-13)12-9-4-3-5-11-6-9/h8-13H,3-7H2,1-2H3. The van der Waals surface area contributed by atoms with Crippen LogP contribution in [0.2, 0.25) is 0 Å². The summed E-state index contributed by atoms with van der Waals surface area (Å²) in [6, 6.07) is 0.804.